The lowest BCUT2D eigenvalue weighted by Gasteiger charge is -2.26. The van der Waals surface area contributed by atoms with Crippen LogP contribution in [0.4, 0.5) is 5.69 Å². The number of hydrogen-bond donors (Lipinski definition) is 1. The summed E-state index contributed by atoms with van der Waals surface area (Å²) in [6.45, 7) is 4.23. The van der Waals surface area contributed by atoms with Gasteiger partial charge in [-0.05, 0) is 36.8 Å². The Morgan fingerprint density at radius 1 is 1.09 bits per heavy atom. The van der Waals surface area contributed by atoms with Crippen molar-refractivity contribution < 1.29 is 4.74 Å². The predicted octanol–water partition coefficient (Wildman–Crippen LogP) is 3.84. The van der Waals surface area contributed by atoms with Gasteiger partial charge in [0, 0.05) is 25.9 Å². The maximum atomic E-state index is 5.56. The molecule has 2 aromatic rings. The fourth-order valence-electron chi connectivity index (χ4n) is 2.10. The Balaban J connectivity index is 2.03. The van der Waals surface area contributed by atoms with E-state index in [0.717, 1.165) is 18.8 Å². The van der Waals surface area contributed by atoms with Gasteiger partial charge >= 0.3 is 0 Å². The Hall–Kier alpha value is -1.91. The van der Waals surface area contributed by atoms with Crippen molar-refractivity contribution >= 4 is 23.0 Å². The van der Waals surface area contributed by atoms with Crippen LogP contribution in [0, 0.1) is 6.92 Å². The molecule has 0 fully saturated rings. The van der Waals surface area contributed by atoms with Crippen LogP contribution in [0.3, 0.4) is 0 Å². The third kappa shape index (κ3) is 5.13. The average molecular weight is 314 g/mol. The third-order valence-electron chi connectivity index (χ3n) is 3.37. The molecule has 0 aliphatic heterocycles. The molecule has 22 heavy (non-hydrogen) atoms. The van der Waals surface area contributed by atoms with Crippen molar-refractivity contribution in [3.05, 3.63) is 65.7 Å². The fourth-order valence-corrected chi connectivity index (χ4v) is 2.37. The lowest BCUT2D eigenvalue weighted by Crippen LogP contribution is -2.36. The molecular formula is C18H22N2OS. The van der Waals surface area contributed by atoms with Crippen molar-refractivity contribution in [2.75, 3.05) is 25.6 Å². The highest BCUT2D eigenvalue weighted by atomic mass is 32.1. The van der Waals surface area contributed by atoms with Crippen LogP contribution in [0.15, 0.2) is 54.6 Å². The molecule has 3 nitrogen and oxygen atoms in total. The Morgan fingerprint density at radius 3 is 2.41 bits per heavy atom. The maximum absolute atomic E-state index is 5.56. The van der Waals surface area contributed by atoms with E-state index in [0.29, 0.717) is 11.7 Å². The van der Waals surface area contributed by atoms with Gasteiger partial charge in [-0.25, -0.2) is 0 Å². The number of nitrogens with one attached hydrogen (secondary N) is 1. The Morgan fingerprint density at radius 2 is 1.77 bits per heavy atom. The van der Waals surface area contributed by atoms with Crippen molar-refractivity contribution in [3.8, 4) is 0 Å². The summed E-state index contributed by atoms with van der Waals surface area (Å²) in [7, 11) is 1.71. The normalized spacial score (nSPS) is 10.3. The van der Waals surface area contributed by atoms with Gasteiger partial charge in [0.1, 0.15) is 0 Å². The first-order chi connectivity index (χ1) is 10.7. The van der Waals surface area contributed by atoms with E-state index in [4.69, 9.17) is 17.0 Å². The van der Waals surface area contributed by atoms with Gasteiger partial charge in [0.15, 0.2) is 5.11 Å². The van der Waals surface area contributed by atoms with Crippen LogP contribution in [0.2, 0.25) is 0 Å². The number of aryl methyl sites for hydroxylation is 1. The minimum Gasteiger partial charge on any atom is -0.383 e. The molecular weight excluding hydrogens is 292 g/mol. The maximum Gasteiger partial charge on any atom is 0.173 e. The SMILES string of the molecule is COCCN(Cc1ccccc1)C(=S)Nc1ccc(C)cc1. The molecule has 2 aromatic carbocycles. The summed E-state index contributed by atoms with van der Waals surface area (Å²) in [6, 6.07) is 18.5. The molecule has 0 saturated carbocycles. The van der Waals surface area contributed by atoms with Crippen LogP contribution in [-0.4, -0.2) is 30.3 Å². The van der Waals surface area contributed by atoms with Crippen LogP contribution < -0.4 is 5.32 Å². The molecule has 0 aromatic heterocycles. The first kappa shape index (κ1) is 16.5. The standard InChI is InChI=1S/C18H22N2OS/c1-15-8-10-17(11-9-15)19-18(22)20(12-13-21-2)14-16-6-4-3-5-7-16/h3-11H,12-14H2,1-2H3,(H,19,22). The number of methoxy groups -OCH3 is 1. The van der Waals surface area contributed by atoms with Crippen molar-refractivity contribution in [2.45, 2.75) is 13.5 Å². The van der Waals surface area contributed by atoms with Gasteiger partial charge in [0.25, 0.3) is 0 Å². The summed E-state index contributed by atoms with van der Waals surface area (Å²) >= 11 is 5.56. The average Bonchev–Trinajstić information content (AvgIpc) is 2.54. The second-order valence-corrected chi connectivity index (χ2v) is 5.58. The Labute approximate surface area is 137 Å². The van der Waals surface area contributed by atoms with E-state index in [9.17, 15) is 0 Å². The number of rotatable bonds is 6. The Kier molecular flexibility index (Phi) is 6.37. The number of hydrogen-bond acceptors (Lipinski definition) is 2. The first-order valence-electron chi connectivity index (χ1n) is 7.34. The molecule has 0 amide bonds. The molecule has 0 heterocycles. The summed E-state index contributed by atoms with van der Waals surface area (Å²) in [5, 5.41) is 4.01. The van der Waals surface area contributed by atoms with E-state index in [2.05, 4.69) is 41.4 Å². The minimum atomic E-state index is 0.641. The third-order valence-corrected chi connectivity index (χ3v) is 3.73. The van der Waals surface area contributed by atoms with Crippen molar-refractivity contribution in [1.29, 1.82) is 0 Å². The van der Waals surface area contributed by atoms with E-state index in [-0.39, 0.29) is 0 Å². The van der Waals surface area contributed by atoms with Crippen molar-refractivity contribution in [3.63, 3.8) is 0 Å². The summed E-state index contributed by atoms with van der Waals surface area (Å²) in [5.41, 5.74) is 3.47. The van der Waals surface area contributed by atoms with E-state index in [1.807, 2.05) is 30.3 Å². The molecule has 1 N–H and O–H groups in total. The monoisotopic (exact) mass is 314 g/mol. The number of ether oxygens (including phenoxy) is 1. The van der Waals surface area contributed by atoms with Crippen LogP contribution in [0.25, 0.3) is 0 Å². The van der Waals surface area contributed by atoms with Gasteiger partial charge in [-0.15, -0.1) is 0 Å². The number of benzene rings is 2. The molecule has 0 saturated heterocycles. The van der Waals surface area contributed by atoms with Crippen molar-refractivity contribution in [1.82, 2.24) is 4.90 Å². The van der Waals surface area contributed by atoms with Gasteiger partial charge in [-0.2, -0.15) is 0 Å². The first-order valence-corrected chi connectivity index (χ1v) is 7.75. The molecule has 0 atom stereocenters. The number of thiocarbonyl (C=S) groups is 1. The smallest absolute Gasteiger partial charge is 0.173 e. The van der Waals surface area contributed by atoms with Crippen LogP contribution in [0.5, 0.6) is 0 Å². The highest BCUT2D eigenvalue weighted by Crippen LogP contribution is 2.11. The molecule has 2 rings (SSSR count). The van der Waals surface area contributed by atoms with Gasteiger partial charge in [0.2, 0.25) is 0 Å². The summed E-state index contributed by atoms with van der Waals surface area (Å²) < 4.78 is 5.20. The van der Waals surface area contributed by atoms with Crippen molar-refractivity contribution in [2.24, 2.45) is 0 Å². The number of anilines is 1. The molecule has 0 spiro atoms. The molecule has 0 unspecified atom stereocenters. The quantitative estimate of drug-likeness (QED) is 0.819. The van der Waals surface area contributed by atoms with Gasteiger partial charge < -0.3 is 15.0 Å². The topological polar surface area (TPSA) is 24.5 Å². The van der Waals surface area contributed by atoms with Gasteiger partial charge in [-0.1, -0.05) is 48.0 Å². The lowest BCUT2D eigenvalue weighted by atomic mass is 10.2. The number of nitrogens with zero attached hydrogens (tertiary/aromatic N) is 1. The minimum absolute atomic E-state index is 0.641. The van der Waals surface area contributed by atoms with E-state index < -0.39 is 0 Å². The second kappa shape index (κ2) is 8.51. The van der Waals surface area contributed by atoms with E-state index in [1.54, 1.807) is 7.11 Å². The summed E-state index contributed by atoms with van der Waals surface area (Å²) in [6.07, 6.45) is 0. The second-order valence-electron chi connectivity index (χ2n) is 5.20. The lowest BCUT2D eigenvalue weighted by molar-refractivity contribution is 0.175. The molecule has 0 bridgehead atoms. The molecule has 0 radical (unpaired) electrons. The van der Waals surface area contributed by atoms with Crippen LogP contribution in [0.1, 0.15) is 11.1 Å². The zero-order valence-corrected chi connectivity index (χ0v) is 13.9. The highest BCUT2D eigenvalue weighted by Gasteiger charge is 2.10. The van der Waals surface area contributed by atoms with Crippen LogP contribution >= 0.6 is 12.2 Å². The summed E-state index contributed by atoms with van der Waals surface area (Å²) in [4.78, 5) is 2.12. The molecule has 116 valence electrons. The molecule has 4 heteroatoms. The van der Waals surface area contributed by atoms with Gasteiger partial charge in [0.05, 0.1) is 6.61 Å². The zero-order valence-electron chi connectivity index (χ0n) is 13.1. The Bertz CT molecular complexity index is 584. The van der Waals surface area contributed by atoms with E-state index >= 15 is 0 Å². The zero-order chi connectivity index (χ0) is 15.8. The summed E-state index contributed by atoms with van der Waals surface area (Å²) in [5.74, 6) is 0. The molecule has 0 aliphatic rings. The fraction of sp³-hybridized carbons (Fsp3) is 0.278. The van der Waals surface area contributed by atoms with E-state index in [1.165, 1.54) is 11.1 Å². The van der Waals surface area contributed by atoms with Crippen LogP contribution in [-0.2, 0) is 11.3 Å². The molecule has 0 aliphatic carbocycles. The highest BCUT2D eigenvalue weighted by molar-refractivity contribution is 7.80. The largest absolute Gasteiger partial charge is 0.383 e. The predicted molar refractivity (Wildman–Crippen MR) is 96.1 cm³/mol. The van der Waals surface area contributed by atoms with Gasteiger partial charge in [-0.3, -0.25) is 0 Å².